The minimum Gasteiger partial charge on any atom is -0.480 e. The summed E-state index contributed by atoms with van der Waals surface area (Å²) in [4.78, 5) is 80.4. The molecule has 0 radical (unpaired) electrons. The average molecular weight is 679 g/mol. The summed E-state index contributed by atoms with van der Waals surface area (Å²) >= 11 is 0. The number of carbonyl (C=O) groups excluding carboxylic acids is 5. The van der Waals surface area contributed by atoms with E-state index in [1.165, 1.54) is 11.1 Å². The van der Waals surface area contributed by atoms with Crippen molar-refractivity contribution >= 4 is 41.0 Å². The van der Waals surface area contributed by atoms with Crippen LogP contribution in [0.5, 0.6) is 0 Å². The lowest BCUT2D eigenvalue weighted by Crippen LogP contribution is -2.55. The van der Waals surface area contributed by atoms with Gasteiger partial charge in [-0.25, -0.2) is 9.31 Å². The van der Waals surface area contributed by atoms with Crippen molar-refractivity contribution in [1.82, 2.24) is 40.9 Å². The molecule has 0 unspecified atom stereocenters. The van der Waals surface area contributed by atoms with E-state index in [4.69, 9.17) is 4.52 Å². The zero-order valence-electron chi connectivity index (χ0n) is 27.8. The molecular weight excluding hydrogens is 636 g/mol. The fraction of sp³-hybridized carbons (Fsp3) is 0.515. The Morgan fingerprint density at radius 2 is 1.90 bits per heavy atom. The Bertz CT molecular complexity index is 1730. The zero-order chi connectivity index (χ0) is 35.2. The molecule has 2 aliphatic heterocycles. The summed E-state index contributed by atoms with van der Waals surface area (Å²) in [5.74, 6) is -3.16. The molecule has 16 nitrogen and oxygen atoms in total. The number of pyridine rings is 1. The fourth-order valence-electron chi connectivity index (χ4n) is 6.50. The molecule has 16 heteroatoms. The van der Waals surface area contributed by atoms with Crippen molar-refractivity contribution in [3.63, 3.8) is 0 Å². The third-order valence-electron chi connectivity index (χ3n) is 9.14. The first kappa shape index (κ1) is 35.0. The van der Waals surface area contributed by atoms with Crippen LogP contribution in [0.4, 0.5) is 0 Å². The summed E-state index contributed by atoms with van der Waals surface area (Å²) in [6, 6.07) is -0.551. The molecule has 0 aliphatic carbocycles. The highest BCUT2D eigenvalue weighted by Gasteiger charge is 2.43. The molecule has 4 atom stereocenters. The van der Waals surface area contributed by atoms with Gasteiger partial charge in [-0.3, -0.25) is 24.0 Å². The summed E-state index contributed by atoms with van der Waals surface area (Å²) < 4.78 is 6.76. The molecule has 3 aromatic rings. The highest BCUT2D eigenvalue weighted by molar-refractivity contribution is 6.03. The van der Waals surface area contributed by atoms with Gasteiger partial charge in [-0.05, 0) is 70.9 Å². The first-order chi connectivity index (χ1) is 23.4. The van der Waals surface area contributed by atoms with Crippen LogP contribution in [0.3, 0.4) is 0 Å². The maximum atomic E-state index is 14.3. The number of carboxylic acids is 1. The van der Waals surface area contributed by atoms with Gasteiger partial charge in [0.05, 0.1) is 23.0 Å². The van der Waals surface area contributed by atoms with Crippen LogP contribution in [-0.2, 0) is 30.4 Å². The minimum atomic E-state index is -1.38. The van der Waals surface area contributed by atoms with Crippen molar-refractivity contribution in [2.24, 2.45) is 0 Å². The molecule has 0 bridgehead atoms. The molecule has 49 heavy (non-hydrogen) atoms. The third kappa shape index (κ3) is 8.24. The van der Waals surface area contributed by atoms with Crippen LogP contribution >= 0.6 is 0 Å². The van der Waals surface area contributed by atoms with Crippen LogP contribution in [-0.4, -0.2) is 97.5 Å². The Kier molecular flexibility index (Phi) is 10.9. The number of fused-ring (bicyclic) bond motifs is 2. The predicted molar refractivity (Wildman–Crippen MR) is 173 cm³/mol. The number of aryl methyl sites for hydroxylation is 3. The second kappa shape index (κ2) is 15.3. The Hall–Kier alpha value is -5.28. The fourth-order valence-corrected chi connectivity index (χ4v) is 6.50. The van der Waals surface area contributed by atoms with E-state index in [9.17, 15) is 33.9 Å². The Morgan fingerprint density at radius 3 is 2.63 bits per heavy atom. The molecule has 0 aromatic carbocycles. The largest absolute Gasteiger partial charge is 0.480 e. The predicted octanol–water partition coefficient (Wildman–Crippen LogP) is 0.714. The number of aliphatic carboxylic acids is 1. The van der Waals surface area contributed by atoms with E-state index in [1.54, 1.807) is 30.6 Å². The number of hydrogen-bond acceptors (Lipinski definition) is 9. The molecule has 2 aliphatic rings. The van der Waals surface area contributed by atoms with Crippen molar-refractivity contribution in [1.29, 1.82) is 0 Å². The number of rotatable bonds is 7. The van der Waals surface area contributed by atoms with E-state index < -0.39 is 47.9 Å². The molecule has 5 N–H and O–H groups in total. The van der Waals surface area contributed by atoms with E-state index in [-0.39, 0.29) is 56.0 Å². The normalized spacial score (nSPS) is 22.4. The Morgan fingerprint density at radius 1 is 1.10 bits per heavy atom. The van der Waals surface area contributed by atoms with E-state index in [0.717, 1.165) is 11.1 Å². The van der Waals surface area contributed by atoms with Gasteiger partial charge >= 0.3 is 5.97 Å². The standard InChI is InChI=1S/C33H42N8O8/c1-18-7-6-14-41-29(18)23(16-35-41)30(44)37-24-8-4-5-13-34-27(42)12-10-25(33(47)48)38-31(45)26-15-21(17-40(26)32(24)46)36-28(43)11-9-22-19(2)39-49-20(22)3/h6-7,14,16,21,24-26H,4-5,8-13,15,17H2,1-3H3,(H,34,42)(H,36,43)(H,37,44)(H,38,45)(H,47,48)/t21-,24+,25+,26+/m1/s1. The van der Waals surface area contributed by atoms with Crippen molar-refractivity contribution < 1.29 is 38.4 Å². The number of carbonyl (C=O) groups is 6. The zero-order valence-corrected chi connectivity index (χ0v) is 27.8. The lowest BCUT2D eigenvalue weighted by molar-refractivity contribution is -0.144. The van der Waals surface area contributed by atoms with Gasteiger partial charge < -0.3 is 35.8 Å². The van der Waals surface area contributed by atoms with E-state index in [1.807, 2.05) is 13.0 Å². The van der Waals surface area contributed by atoms with E-state index in [0.29, 0.717) is 42.8 Å². The third-order valence-corrected chi connectivity index (χ3v) is 9.14. The molecule has 262 valence electrons. The first-order valence-electron chi connectivity index (χ1n) is 16.5. The van der Waals surface area contributed by atoms with Crippen LogP contribution in [0.1, 0.15) is 77.9 Å². The van der Waals surface area contributed by atoms with E-state index >= 15 is 0 Å². The number of nitrogens with zero attached hydrogens (tertiary/aromatic N) is 4. The second-order valence-corrected chi connectivity index (χ2v) is 12.7. The van der Waals surface area contributed by atoms with Gasteiger partial charge in [-0.15, -0.1) is 0 Å². The van der Waals surface area contributed by atoms with Crippen molar-refractivity contribution in [3.05, 3.63) is 52.7 Å². The average Bonchev–Trinajstić information content (AvgIpc) is 3.77. The summed E-state index contributed by atoms with van der Waals surface area (Å²) in [7, 11) is 0. The lowest BCUT2D eigenvalue weighted by atomic mass is 10.1. The molecule has 0 saturated carbocycles. The topological polar surface area (TPSA) is 217 Å². The van der Waals surface area contributed by atoms with Gasteiger partial charge in [0.15, 0.2) is 0 Å². The van der Waals surface area contributed by atoms with Crippen LogP contribution in [0, 0.1) is 20.8 Å². The number of hydrogen-bond donors (Lipinski definition) is 5. The molecule has 5 heterocycles. The molecular formula is C33H42N8O8. The van der Waals surface area contributed by atoms with Crippen LogP contribution in [0.25, 0.3) is 5.52 Å². The highest BCUT2D eigenvalue weighted by atomic mass is 16.5. The quantitative estimate of drug-likeness (QED) is 0.236. The molecule has 2 fully saturated rings. The number of amides is 5. The maximum Gasteiger partial charge on any atom is 0.326 e. The summed E-state index contributed by atoms with van der Waals surface area (Å²) in [5, 5.41) is 29.0. The van der Waals surface area contributed by atoms with Gasteiger partial charge in [0.2, 0.25) is 23.6 Å². The van der Waals surface area contributed by atoms with Crippen molar-refractivity contribution in [2.45, 2.75) is 96.3 Å². The number of carboxylic acid groups (broad SMARTS) is 1. The Balaban J connectivity index is 1.39. The highest BCUT2D eigenvalue weighted by Crippen LogP contribution is 2.23. The summed E-state index contributed by atoms with van der Waals surface area (Å²) in [6.07, 6.45) is 4.55. The van der Waals surface area contributed by atoms with Crippen LogP contribution < -0.4 is 21.3 Å². The maximum absolute atomic E-state index is 14.3. The van der Waals surface area contributed by atoms with Crippen LogP contribution in [0.15, 0.2) is 29.0 Å². The van der Waals surface area contributed by atoms with E-state index in [2.05, 4.69) is 31.5 Å². The van der Waals surface area contributed by atoms with Crippen LogP contribution in [0.2, 0.25) is 0 Å². The molecule has 5 rings (SSSR count). The Labute approximate surface area is 282 Å². The van der Waals surface area contributed by atoms with Gasteiger partial charge in [0.1, 0.15) is 23.9 Å². The lowest BCUT2D eigenvalue weighted by Gasteiger charge is -2.29. The van der Waals surface area contributed by atoms with Gasteiger partial charge in [-0.1, -0.05) is 11.2 Å². The first-order valence-corrected chi connectivity index (χ1v) is 16.5. The monoisotopic (exact) mass is 678 g/mol. The van der Waals surface area contributed by atoms with Gasteiger partial charge in [0.25, 0.3) is 5.91 Å². The van der Waals surface area contributed by atoms with Gasteiger partial charge in [-0.2, -0.15) is 5.10 Å². The summed E-state index contributed by atoms with van der Waals surface area (Å²) in [5.41, 5.74) is 3.20. The van der Waals surface area contributed by atoms with Crippen molar-refractivity contribution in [2.75, 3.05) is 13.1 Å². The summed E-state index contributed by atoms with van der Waals surface area (Å²) in [6.45, 7) is 5.66. The molecule has 0 spiro atoms. The number of nitrogens with one attached hydrogen (secondary N) is 4. The smallest absolute Gasteiger partial charge is 0.326 e. The molecule has 2 saturated heterocycles. The molecule has 3 aromatic heterocycles. The SMILES string of the molecule is Cc1noc(C)c1CCC(=O)N[C@@H]1C[C@H]2C(=O)N[C@H](C(=O)O)CCC(=O)NCCCC[C@H](NC(=O)c3cnn4cccc(C)c34)C(=O)N2C1. The minimum absolute atomic E-state index is 0.0232. The second-order valence-electron chi connectivity index (χ2n) is 12.7. The molecule has 5 amide bonds. The number of aromatic nitrogens is 3. The van der Waals surface area contributed by atoms with Crippen molar-refractivity contribution in [3.8, 4) is 0 Å². The van der Waals surface area contributed by atoms with Gasteiger partial charge in [0, 0.05) is 43.7 Å².